The lowest BCUT2D eigenvalue weighted by Crippen LogP contribution is -2.28. The average Bonchev–Trinajstić information content (AvgIpc) is 3.26. The summed E-state index contributed by atoms with van der Waals surface area (Å²) in [5, 5.41) is 19.3. The van der Waals surface area contributed by atoms with Crippen molar-refractivity contribution in [3.63, 3.8) is 0 Å². The quantitative estimate of drug-likeness (QED) is 0.316. The summed E-state index contributed by atoms with van der Waals surface area (Å²) in [6.45, 7) is 4.44. The van der Waals surface area contributed by atoms with Gasteiger partial charge in [-0.15, -0.1) is 0 Å². The highest BCUT2D eigenvalue weighted by molar-refractivity contribution is 5.88. The van der Waals surface area contributed by atoms with Crippen LogP contribution < -0.4 is 10.1 Å². The summed E-state index contributed by atoms with van der Waals surface area (Å²) in [7, 11) is 8.14. The normalized spacial score (nSPS) is 10.7. The van der Waals surface area contributed by atoms with E-state index in [1.54, 1.807) is 18.5 Å². The Hall–Kier alpha value is -4.60. The molecule has 12 heteroatoms. The number of carbonyl (C=O) groups is 1. The Labute approximate surface area is 221 Å². The highest BCUT2D eigenvalue weighted by atomic mass is 16.5. The third-order valence-electron chi connectivity index (χ3n) is 5.51. The first-order valence-corrected chi connectivity index (χ1v) is 11.7. The van der Waals surface area contributed by atoms with Gasteiger partial charge in [0.2, 0.25) is 5.88 Å². The summed E-state index contributed by atoms with van der Waals surface area (Å²) < 4.78 is 7.86. The van der Waals surface area contributed by atoms with Crippen molar-refractivity contribution in [2.75, 3.05) is 39.5 Å². The van der Waals surface area contributed by atoms with Gasteiger partial charge < -0.3 is 29.5 Å². The maximum absolute atomic E-state index is 9.05. The largest absolute Gasteiger partial charge is 0.483 e. The smallest absolute Gasteiger partial charge is 0.290 e. The standard InChI is InChI=1S/C25H29N9O.CH2O2/c1-17-10-19(12-26)27-14-21(17)35-23-11-20(24-25(31-23)34(5)16-29-24)30-22-7-6-18(13-28-22)15-33(4)9-8-32(2)3;2-1-3/h6-7,10-11,13-14,16H,8-9,15H2,1-5H3,(H,28,30,31);1H,(H,2,3). The van der Waals surface area contributed by atoms with Gasteiger partial charge in [-0.05, 0) is 51.3 Å². The van der Waals surface area contributed by atoms with Crippen molar-refractivity contribution < 1.29 is 14.6 Å². The highest BCUT2D eigenvalue weighted by Crippen LogP contribution is 2.31. The molecule has 0 aliphatic rings. The molecule has 0 amide bonds. The van der Waals surface area contributed by atoms with E-state index in [2.05, 4.69) is 62.3 Å². The summed E-state index contributed by atoms with van der Waals surface area (Å²) >= 11 is 0. The molecule has 0 saturated heterocycles. The second kappa shape index (κ2) is 13.1. The van der Waals surface area contributed by atoms with Gasteiger partial charge >= 0.3 is 0 Å². The van der Waals surface area contributed by atoms with Crippen molar-refractivity contribution >= 4 is 29.1 Å². The van der Waals surface area contributed by atoms with Crippen molar-refractivity contribution in [3.8, 4) is 17.7 Å². The number of fused-ring (bicyclic) bond motifs is 1. The van der Waals surface area contributed by atoms with Gasteiger partial charge in [0.15, 0.2) is 11.4 Å². The molecule has 0 unspecified atom stereocenters. The minimum atomic E-state index is -0.250. The summed E-state index contributed by atoms with van der Waals surface area (Å²) in [6, 6.07) is 9.53. The van der Waals surface area contributed by atoms with Gasteiger partial charge in [0.25, 0.3) is 6.47 Å². The maximum Gasteiger partial charge on any atom is 0.290 e. The third-order valence-corrected chi connectivity index (χ3v) is 5.51. The number of aromatic nitrogens is 5. The Bertz CT molecular complexity index is 1410. The molecule has 4 rings (SSSR count). The summed E-state index contributed by atoms with van der Waals surface area (Å²) in [4.78, 5) is 30.6. The second-order valence-electron chi connectivity index (χ2n) is 8.91. The fraction of sp³-hybridized carbons (Fsp3) is 0.308. The Morgan fingerprint density at radius 2 is 1.92 bits per heavy atom. The number of hydrogen-bond donors (Lipinski definition) is 2. The van der Waals surface area contributed by atoms with Crippen molar-refractivity contribution in [2.45, 2.75) is 13.5 Å². The van der Waals surface area contributed by atoms with E-state index in [1.807, 2.05) is 36.9 Å². The van der Waals surface area contributed by atoms with Crippen molar-refractivity contribution in [3.05, 3.63) is 59.8 Å². The van der Waals surface area contributed by atoms with Gasteiger partial charge in [0.05, 0.1) is 18.2 Å². The predicted molar refractivity (Wildman–Crippen MR) is 143 cm³/mol. The molecular weight excluding hydrogens is 486 g/mol. The first-order valence-electron chi connectivity index (χ1n) is 11.7. The predicted octanol–water partition coefficient (Wildman–Crippen LogP) is 3.17. The molecule has 4 aromatic heterocycles. The van der Waals surface area contributed by atoms with Crippen molar-refractivity contribution in [2.24, 2.45) is 7.05 Å². The maximum atomic E-state index is 9.05. The third kappa shape index (κ3) is 7.45. The highest BCUT2D eigenvalue weighted by Gasteiger charge is 2.14. The second-order valence-corrected chi connectivity index (χ2v) is 8.91. The number of anilines is 2. The number of hydrogen-bond acceptors (Lipinski definition) is 10. The lowest BCUT2D eigenvalue weighted by Gasteiger charge is -2.19. The summed E-state index contributed by atoms with van der Waals surface area (Å²) in [6.07, 6.45) is 5.13. The molecule has 0 fully saturated rings. The van der Waals surface area contributed by atoms with Crippen LogP contribution in [0, 0.1) is 18.3 Å². The fourth-order valence-electron chi connectivity index (χ4n) is 3.54. The zero-order chi connectivity index (χ0) is 27.7. The van der Waals surface area contributed by atoms with Crippen LogP contribution in [0.1, 0.15) is 16.8 Å². The van der Waals surface area contributed by atoms with Crippen LogP contribution in [0.2, 0.25) is 0 Å². The SMILES string of the molecule is Cc1cc(C#N)ncc1Oc1cc(Nc2ccc(CN(C)CCN(C)C)cn2)c2ncn(C)c2n1.O=CO. The van der Waals surface area contributed by atoms with E-state index in [4.69, 9.17) is 19.9 Å². The van der Waals surface area contributed by atoms with E-state index in [1.165, 1.54) is 6.20 Å². The Kier molecular flexibility index (Phi) is 9.64. The van der Waals surface area contributed by atoms with Gasteiger partial charge in [-0.1, -0.05) is 6.07 Å². The number of aryl methyl sites for hydroxylation is 2. The molecule has 0 radical (unpaired) electrons. The number of nitriles is 1. The molecule has 198 valence electrons. The first-order chi connectivity index (χ1) is 18.2. The first kappa shape index (κ1) is 28.0. The monoisotopic (exact) mass is 517 g/mol. The molecule has 0 saturated carbocycles. The van der Waals surface area contributed by atoms with Crippen LogP contribution in [0.15, 0.2) is 43.0 Å². The average molecular weight is 518 g/mol. The number of pyridine rings is 3. The van der Waals surface area contributed by atoms with Crippen LogP contribution in [0.5, 0.6) is 11.6 Å². The molecule has 12 nitrogen and oxygen atoms in total. The molecule has 0 spiro atoms. The zero-order valence-corrected chi connectivity index (χ0v) is 22.1. The van der Waals surface area contributed by atoms with E-state index in [-0.39, 0.29) is 6.47 Å². The molecule has 0 aliphatic heterocycles. The Morgan fingerprint density at radius 3 is 2.55 bits per heavy atom. The molecule has 2 N–H and O–H groups in total. The van der Waals surface area contributed by atoms with E-state index < -0.39 is 0 Å². The number of likely N-dealkylation sites (N-methyl/N-ethyl adjacent to an activating group) is 2. The molecule has 4 aromatic rings. The minimum absolute atomic E-state index is 0.250. The Morgan fingerprint density at radius 1 is 1.16 bits per heavy atom. The molecule has 0 bridgehead atoms. The van der Waals surface area contributed by atoms with Gasteiger partial charge in [-0.2, -0.15) is 10.2 Å². The van der Waals surface area contributed by atoms with Gasteiger partial charge in [0.1, 0.15) is 23.1 Å². The van der Waals surface area contributed by atoms with Crippen LogP contribution in [-0.2, 0) is 18.4 Å². The van der Waals surface area contributed by atoms with Gasteiger partial charge in [-0.3, -0.25) is 4.79 Å². The van der Waals surface area contributed by atoms with Crippen LogP contribution in [0.25, 0.3) is 11.2 Å². The molecule has 0 atom stereocenters. The van der Waals surface area contributed by atoms with Crippen molar-refractivity contribution in [1.29, 1.82) is 5.26 Å². The van der Waals surface area contributed by atoms with Gasteiger partial charge in [-0.25, -0.2) is 15.0 Å². The minimum Gasteiger partial charge on any atom is -0.483 e. The van der Waals surface area contributed by atoms with Crippen LogP contribution in [0.3, 0.4) is 0 Å². The van der Waals surface area contributed by atoms with E-state index >= 15 is 0 Å². The lowest BCUT2D eigenvalue weighted by atomic mass is 10.2. The lowest BCUT2D eigenvalue weighted by molar-refractivity contribution is -0.122. The van der Waals surface area contributed by atoms with Crippen LogP contribution in [-0.4, -0.2) is 80.1 Å². The molecule has 0 aliphatic carbocycles. The molecule has 38 heavy (non-hydrogen) atoms. The number of nitrogens with one attached hydrogen (secondary N) is 1. The van der Waals surface area contributed by atoms with E-state index in [0.717, 1.165) is 36.4 Å². The van der Waals surface area contributed by atoms with Crippen LogP contribution in [0.4, 0.5) is 11.5 Å². The molecular formula is C26H31N9O3. The van der Waals surface area contributed by atoms with Crippen molar-refractivity contribution in [1.82, 2.24) is 34.3 Å². The molecule has 0 aromatic carbocycles. The van der Waals surface area contributed by atoms with E-state index in [0.29, 0.717) is 34.3 Å². The topological polar surface area (TPSA) is 145 Å². The zero-order valence-electron chi connectivity index (χ0n) is 22.1. The number of carboxylic acid groups (broad SMARTS) is 1. The van der Waals surface area contributed by atoms with Gasteiger partial charge in [0, 0.05) is 38.9 Å². The fourth-order valence-corrected chi connectivity index (χ4v) is 3.54. The van der Waals surface area contributed by atoms with Crippen LogP contribution >= 0.6 is 0 Å². The summed E-state index contributed by atoms with van der Waals surface area (Å²) in [5.74, 6) is 1.62. The number of nitrogens with zero attached hydrogens (tertiary/aromatic N) is 8. The summed E-state index contributed by atoms with van der Waals surface area (Å²) in [5.41, 5.74) is 4.39. The number of rotatable bonds is 9. The Balaban J connectivity index is 0.00000127. The molecule has 4 heterocycles. The van der Waals surface area contributed by atoms with E-state index in [9.17, 15) is 0 Å². The number of ether oxygens (including phenoxy) is 1. The number of imidazole rings is 1.